The first-order valence-electron chi connectivity index (χ1n) is 12.8. The van der Waals surface area contributed by atoms with Gasteiger partial charge in [-0.15, -0.1) is 20.4 Å². The van der Waals surface area contributed by atoms with E-state index in [2.05, 4.69) is 32.3 Å². The third-order valence-electron chi connectivity index (χ3n) is 5.95. The fourth-order valence-electron chi connectivity index (χ4n) is 3.37. The number of amides is 1. The summed E-state index contributed by atoms with van der Waals surface area (Å²) in [6.45, 7) is 11.8. The normalized spacial score (nSPS) is 11.6. The van der Waals surface area contributed by atoms with E-state index in [1.54, 1.807) is 13.8 Å². The molecule has 0 aliphatic heterocycles. The predicted octanol–water partition coefficient (Wildman–Crippen LogP) is 4.45. The molecule has 1 heterocycles. The average molecular weight is 550 g/mol. The highest BCUT2D eigenvalue weighted by Gasteiger charge is 2.28. The molecule has 1 amide bonds. The lowest BCUT2D eigenvalue weighted by molar-refractivity contribution is -0.137. The Hall–Kier alpha value is -4.22. The highest BCUT2D eigenvalue weighted by molar-refractivity contribution is 5.70. The van der Waals surface area contributed by atoms with Crippen molar-refractivity contribution in [2.24, 2.45) is 0 Å². The maximum absolute atomic E-state index is 12.1. The van der Waals surface area contributed by atoms with Gasteiger partial charge in [-0.3, -0.25) is 4.79 Å². The molecule has 0 aliphatic rings. The van der Waals surface area contributed by atoms with Gasteiger partial charge in [-0.1, -0.05) is 61.2 Å². The first-order valence-corrected chi connectivity index (χ1v) is 12.8. The Labute approximate surface area is 233 Å². The minimum absolute atomic E-state index is 0.0892. The molecule has 0 bridgehead atoms. The number of ether oxygens (including phenoxy) is 3. The van der Waals surface area contributed by atoms with E-state index in [1.165, 1.54) is 0 Å². The van der Waals surface area contributed by atoms with Crippen LogP contribution in [-0.2, 0) is 25.6 Å². The summed E-state index contributed by atoms with van der Waals surface area (Å²) in [5.74, 6) is -0.111. The maximum Gasteiger partial charge on any atom is 0.407 e. The van der Waals surface area contributed by atoms with Crippen LogP contribution in [0.5, 0.6) is 0 Å². The first kappa shape index (κ1) is 30.3. The van der Waals surface area contributed by atoms with Crippen LogP contribution in [0.15, 0.2) is 66.7 Å². The topological polar surface area (TPSA) is 146 Å². The highest BCUT2D eigenvalue weighted by atomic mass is 16.6. The monoisotopic (exact) mass is 549 g/mol. The minimum Gasteiger partial charge on any atom is -0.481 e. The van der Waals surface area contributed by atoms with Crippen LogP contribution in [-0.4, -0.2) is 68.5 Å². The molecule has 0 aliphatic carbocycles. The Balaban J connectivity index is 1.37. The van der Waals surface area contributed by atoms with E-state index >= 15 is 0 Å². The number of benzene rings is 2. The zero-order chi connectivity index (χ0) is 29.2. The molecule has 3 rings (SSSR count). The van der Waals surface area contributed by atoms with Crippen LogP contribution in [0, 0.1) is 0 Å². The van der Waals surface area contributed by atoms with Crippen molar-refractivity contribution in [3.8, 4) is 22.8 Å². The van der Waals surface area contributed by atoms with Crippen molar-refractivity contribution < 1.29 is 28.9 Å². The second kappa shape index (κ2) is 13.7. The highest BCUT2D eigenvalue weighted by Crippen LogP contribution is 2.24. The molecule has 0 saturated carbocycles. The fourth-order valence-corrected chi connectivity index (χ4v) is 3.37. The van der Waals surface area contributed by atoms with Gasteiger partial charge in [0.25, 0.3) is 0 Å². The summed E-state index contributed by atoms with van der Waals surface area (Å²) in [6.07, 6.45) is -0.738. The van der Waals surface area contributed by atoms with E-state index in [9.17, 15) is 9.59 Å². The molecule has 2 N–H and O–H groups in total. The molecule has 11 nitrogen and oxygen atoms in total. The number of carboxylic acid groups (broad SMARTS) is 1. The van der Waals surface area contributed by atoms with Gasteiger partial charge in [-0.05, 0) is 38.8 Å². The molecular formula is C29H35N5O6. The van der Waals surface area contributed by atoms with Crippen molar-refractivity contribution in [2.45, 2.75) is 51.9 Å². The van der Waals surface area contributed by atoms with Gasteiger partial charge in [0.15, 0.2) is 0 Å². The standard InChI is InChI=1S/C29H35N5O6/c1-20(17-24(35)36)29(4,5)40-19-28(2,3)39-16-15-30-27(37)38-18-21-11-13-23(14-12-21)26-33-31-25(32-34-26)22-9-7-6-8-10-22/h6-14H,1,15-19H2,2-5H3,(H,30,37)(H,35,36). The molecule has 212 valence electrons. The third kappa shape index (κ3) is 9.51. The summed E-state index contributed by atoms with van der Waals surface area (Å²) in [6, 6.07) is 16.7. The van der Waals surface area contributed by atoms with Gasteiger partial charge in [-0.2, -0.15) is 0 Å². The van der Waals surface area contributed by atoms with E-state index in [1.807, 2.05) is 68.4 Å². The van der Waals surface area contributed by atoms with E-state index < -0.39 is 23.3 Å². The summed E-state index contributed by atoms with van der Waals surface area (Å²) in [7, 11) is 0. The largest absolute Gasteiger partial charge is 0.481 e. The number of carboxylic acids is 1. The number of nitrogens with one attached hydrogen (secondary N) is 1. The molecule has 11 heteroatoms. The Kier molecular flexibility index (Phi) is 10.4. The molecule has 2 aromatic carbocycles. The molecule has 1 aromatic heterocycles. The van der Waals surface area contributed by atoms with Gasteiger partial charge in [-0.25, -0.2) is 4.79 Å². The lowest BCUT2D eigenvalue weighted by Crippen LogP contribution is -2.39. The number of carbonyl (C=O) groups excluding carboxylic acids is 1. The second-order valence-corrected chi connectivity index (χ2v) is 10.2. The summed E-state index contributed by atoms with van der Waals surface area (Å²) < 4.78 is 17.0. The summed E-state index contributed by atoms with van der Waals surface area (Å²) >= 11 is 0. The molecule has 0 unspecified atom stereocenters. The van der Waals surface area contributed by atoms with E-state index in [0.717, 1.165) is 16.7 Å². The van der Waals surface area contributed by atoms with Gasteiger partial charge >= 0.3 is 12.1 Å². The van der Waals surface area contributed by atoms with Gasteiger partial charge in [0.1, 0.15) is 6.61 Å². The van der Waals surface area contributed by atoms with Crippen LogP contribution in [0.1, 0.15) is 39.7 Å². The maximum atomic E-state index is 12.1. The quantitative estimate of drug-likeness (QED) is 0.218. The zero-order valence-electron chi connectivity index (χ0n) is 23.2. The van der Waals surface area contributed by atoms with Crippen LogP contribution < -0.4 is 5.32 Å². The smallest absolute Gasteiger partial charge is 0.407 e. The zero-order valence-corrected chi connectivity index (χ0v) is 23.2. The van der Waals surface area contributed by atoms with Crippen LogP contribution in [0.2, 0.25) is 0 Å². The van der Waals surface area contributed by atoms with E-state index in [0.29, 0.717) is 17.2 Å². The van der Waals surface area contributed by atoms with Crippen molar-refractivity contribution in [1.29, 1.82) is 0 Å². The summed E-state index contributed by atoms with van der Waals surface area (Å²) in [5, 5.41) is 28.3. The number of hydrogen-bond acceptors (Lipinski definition) is 9. The van der Waals surface area contributed by atoms with Gasteiger partial charge in [0, 0.05) is 17.7 Å². The van der Waals surface area contributed by atoms with E-state index in [-0.39, 0.29) is 32.8 Å². The van der Waals surface area contributed by atoms with Gasteiger partial charge in [0.05, 0.1) is 30.8 Å². The first-order chi connectivity index (χ1) is 18.9. The Morgan fingerprint density at radius 2 is 1.45 bits per heavy atom. The number of hydrogen-bond donors (Lipinski definition) is 2. The van der Waals surface area contributed by atoms with Crippen molar-refractivity contribution in [2.75, 3.05) is 19.8 Å². The molecule has 3 aromatic rings. The number of nitrogens with zero attached hydrogens (tertiary/aromatic N) is 4. The molecule has 0 saturated heterocycles. The molecule has 40 heavy (non-hydrogen) atoms. The lowest BCUT2D eigenvalue weighted by Gasteiger charge is -2.33. The van der Waals surface area contributed by atoms with Crippen molar-refractivity contribution in [3.05, 3.63) is 72.3 Å². The van der Waals surface area contributed by atoms with Gasteiger partial charge in [0.2, 0.25) is 11.6 Å². The lowest BCUT2D eigenvalue weighted by atomic mass is 9.96. The van der Waals surface area contributed by atoms with Gasteiger partial charge < -0.3 is 24.6 Å². The Bertz CT molecular complexity index is 1280. The average Bonchev–Trinajstić information content (AvgIpc) is 2.94. The van der Waals surface area contributed by atoms with E-state index in [4.69, 9.17) is 19.3 Å². The molecule has 0 spiro atoms. The van der Waals surface area contributed by atoms with Crippen LogP contribution in [0.25, 0.3) is 22.8 Å². The Morgan fingerprint density at radius 1 is 0.875 bits per heavy atom. The van der Waals surface area contributed by atoms with Crippen LogP contribution in [0.3, 0.4) is 0 Å². The molecule has 0 atom stereocenters. The fraction of sp³-hybridized carbons (Fsp3) is 0.379. The molecule has 0 radical (unpaired) electrons. The minimum atomic E-state index is -0.957. The summed E-state index contributed by atoms with van der Waals surface area (Å²) in [4.78, 5) is 23.0. The third-order valence-corrected chi connectivity index (χ3v) is 5.95. The molecule has 0 fully saturated rings. The molecular weight excluding hydrogens is 514 g/mol. The van der Waals surface area contributed by atoms with Crippen LogP contribution in [0.4, 0.5) is 4.79 Å². The SMILES string of the molecule is C=C(CC(=O)O)C(C)(C)OCC(C)(C)OCCNC(=O)OCc1ccc(-c2nnc(-c3ccccc3)nn2)cc1. The van der Waals surface area contributed by atoms with Crippen molar-refractivity contribution in [1.82, 2.24) is 25.7 Å². The van der Waals surface area contributed by atoms with Crippen LogP contribution >= 0.6 is 0 Å². The number of aromatic nitrogens is 4. The number of aliphatic carboxylic acids is 1. The number of carbonyl (C=O) groups is 2. The van der Waals surface area contributed by atoms with Crippen molar-refractivity contribution in [3.63, 3.8) is 0 Å². The number of rotatable bonds is 14. The van der Waals surface area contributed by atoms with Crippen molar-refractivity contribution >= 4 is 12.1 Å². The second-order valence-electron chi connectivity index (χ2n) is 10.2. The number of alkyl carbamates (subject to hydrolysis) is 1. The Morgan fingerprint density at radius 3 is 2.02 bits per heavy atom. The summed E-state index contributed by atoms with van der Waals surface area (Å²) in [5.41, 5.74) is 1.37. The predicted molar refractivity (Wildman–Crippen MR) is 148 cm³/mol.